The van der Waals surface area contributed by atoms with E-state index in [0.717, 1.165) is 25.0 Å². The van der Waals surface area contributed by atoms with Gasteiger partial charge in [0.2, 0.25) is 15.9 Å². The van der Waals surface area contributed by atoms with Gasteiger partial charge in [-0.3, -0.25) is 4.79 Å². The minimum atomic E-state index is -3.93. The molecule has 0 spiro atoms. The summed E-state index contributed by atoms with van der Waals surface area (Å²) in [5, 5.41) is 0. The Balaban J connectivity index is 1.35. The Kier molecular flexibility index (Phi) is 6.38. The maximum absolute atomic E-state index is 13.5. The van der Waals surface area contributed by atoms with Crippen LogP contribution in [0.1, 0.15) is 25.7 Å². The lowest BCUT2D eigenvalue weighted by molar-refractivity contribution is -0.144. The van der Waals surface area contributed by atoms with Crippen LogP contribution in [0.4, 0.5) is 8.78 Å². The molecule has 1 atom stereocenters. The molecule has 1 unspecified atom stereocenters. The molecular formula is C20H26F2N2O5S. The van der Waals surface area contributed by atoms with E-state index in [9.17, 15) is 22.0 Å². The minimum Gasteiger partial charge on any atom is -0.350 e. The molecule has 0 N–H and O–H groups in total. The van der Waals surface area contributed by atoms with E-state index >= 15 is 0 Å². The van der Waals surface area contributed by atoms with Crippen molar-refractivity contribution >= 4 is 15.9 Å². The largest absolute Gasteiger partial charge is 0.350 e. The molecule has 166 valence electrons. The third-order valence-electron chi connectivity index (χ3n) is 6.13. The van der Waals surface area contributed by atoms with Gasteiger partial charge < -0.3 is 14.4 Å². The molecule has 0 bridgehead atoms. The standard InChI is InChI=1S/C20H26F2N2O5S/c21-17-4-3-16(12-18(17)22)30(26,27)24-8-5-14(6-9-24)19(25)23-7-1-2-15(13-23)20-28-10-11-29-20/h3-4,12,14-15,20H,1-2,5-11,13H2. The van der Waals surface area contributed by atoms with Crippen molar-refractivity contribution in [3.8, 4) is 0 Å². The molecule has 1 amide bonds. The normalized spacial score (nSPS) is 25.0. The Morgan fingerprint density at radius 1 is 1.00 bits per heavy atom. The lowest BCUT2D eigenvalue weighted by Gasteiger charge is -2.38. The number of benzene rings is 1. The predicted molar refractivity (Wildman–Crippen MR) is 103 cm³/mol. The number of rotatable bonds is 4. The zero-order valence-electron chi connectivity index (χ0n) is 16.6. The molecule has 0 radical (unpaired) electrons. The van der Waals surface area contributed by atoms with E-state index in [1.54, 1.807) is 0 Å². The Hall–Kier alpha value is -1.62. The number of hydrogen-bond donors (Lipinski definition) is 0. The van der Waals surface area contributed by atoms with E-state index in [1.807, 2.05) is 4.90 Å². The van der Waals surface area contributed by atoms with Crippen molar-refractivity contribution in [2.45, 2.75) is 36.9 Å². The van der Waals surface area contributed by atoms with Gasteiger partial charge in [0.25, 0.3) is 0 Å². The summed E-state index contributed by atoms with van der Waals surface area (Å²) in [5.41, 5.74) is 0. The van der Waals surface area contributed by atoms with E-state index < -0.39 is 21.7 Å². The number of carbonyl (C=O) groups is 1. The third-order valence-corrected chi connectivity index (χ3v) is 8.03. The van der Waals surface area contributed by atoms with E-state index in [1.165, 1.54) is 4.31 Å². The SMILES string of the molecule is O=C(C1CCN(S(=O)(=O)c2ccc(F)c(F)c2)CC1)N1CCCC(C2OCCO2)C1. The first-order chi connectivity index (χ1) is 14.4. The summed E-state index contributed by atoms with van der Waals surface area (Å²) in [5.74, 6) is -2.32. The highest BCUT2D eigenvalue weighted by molar-refractivity contribution is 7.89. The van der Waals surface area contributed by atoms with E-state index in [-0.39, 0.29) is 42.0 Å². The summed E-state index contributed by atoms with van der Waals surface area (Å²) >= 11 is 0. The van der Waals surface area contributed by atoms with Gasteiger partial charge in [-0.15, -0.1) is 0 Å². The van der Waals surface area contributed by atoms with Crippen molar-refractivity contribution in [1.29, 1.82) is 0 Å². The Bertz CT molecular complexity index is 883. The van der Waals surface area contributed by atoms with Gasteiger partial charge in [-0.1, -0.05) is 0 Å². The fraction of sp³-hybridized carbons (Fsp3) is 0.650. The number of hydrogen-bond acceptors (Lipinski definition) is 5. The summed E-state index contributed by atoms with van der Waals surface area (Å²) in [4.78, 5) is 14.6. The highest BCUT2D eigenvalue weighted by atomic mass is 32.2. The molecule has 0 aromatic heterocycles. The second kappa shape index (κ2) is 8.86. The van der Waals surface area contributed by atoms with Gasteiger partial charge in [0.15, 0.2) is 17.9 Å². The molecule has 10 heteroatoms. The lowest BCUT2D eigenvalue weighted by Crippen LogP contribution is -2.48. The Morgan fingerprint density at radius 2 is 1.70 bits per heavy atom. The van der Waals surface area contributed by atoms with Crippen molar-refractivity contribution in [3.63, 3.8) is 0 Å². The summed E-state index contributed by atoms with van der Waals surface area (Å²) in [6.07, 6.45) is 2.41. The fourth-order valence-corrected chi connectivity index (χ4v) is 5.95. The molecule has 3 fully saturated rings. The number of sulfonamides is 1. The molecule has 3 aliphatic heterocycles. The van der Waals surface area contributed by atoms with Gasteiger partial charge in [0.05, 0.1) is 18.1 Å². The van der Waals surface area contributed by atoms with Gasteiger partial charge >= 0.3 is 0 Å². The number of carbonyl (C=O) groups excluding carboxylic acids is 1. The van der Waals surface area contributed by atoms with E-state index in [2.05, 4.69) is 0 Å². The van der Waals surface area contributed by atoms with Crippen molar-refractivity contribution in [2.75, 3.05) is 39.4 Å². The molecule has 3 aliphatic rings. The third kappa shape index (κ3) is 4.37. The number of nitrogens with zero attached hydrogens (tertiary/aromatic N) is 2. The maximum atomic E-state index is 13.5. The van der Waals surface area contributed by atoms with Crippen LogP contribution < -0.4 is 0 Å². The predicted octanol–water partition coefficient (Wildman–Crippen LogP) is 1.98. The van der Waals surface area contributed by atoms with Crippen LogP contribution in [-0.2, 0) is 24.3 Å². The molecule has 0 aliphatic carbocycles. The first kappa shape index (κ1) is 21.6. The van der Waals surface area contributed by atoms with Crippen molar-refractivity contribution in [1.82, 2.24) is 9.21 Å². The number of piperidine rings is 2. The van der Waals surface area contributed by atoms with Crippen LogP contribution in [0.15, 0.2) is 23.1 Å². The lowest BCUT2D eigenvalue weighted by atomic mass is 9.92. The second-order valence-electron chi connectivity index (χ2n) is 8.05. The van der Waals surface area contributed by atoms with Crippen molar-refractivity contribution < 1.29 is 31.5 Å². The monoisotopic (exact) mass is 444 g/mol. The fourth-order valence-electron chi connectivity index (χ4n) is 4.47. The second-order valence-corrected chi connectivity index (χ2v) is 9.99. The van der Waals surface area contributed by atoms with Gasteiger partial charge in [0.1, 0.15) is 0 Å². The molecule has 1 aromatic carbocycles. The Labute approximate surface area is 175 Å². The molecular weight excluding hydrogens is 418 g/mol. The van der Waals surface area contributed by atoms with Gasteiger partial charge in [-0.05, 0) is 43.9 Å². The average Bonchev–Trinajstić information content (AvgIpc) is 3.30. The van der Waals surface area contributed by atoms with Crippen LogP contribution in [0.3, 0.4) is 0 Å². The molecule has 1 aromatic rings. The molecule has 30 heavy (non-hydrogen) atoms. The molecule has 4 rings (SSSR count). The highest BCUT2D eigenvalue weighted by Crippen LogP contribution is 2.29. The number of likely N-dealkylation sites (tertiary alicyclic amines) is 1. The summed E-state index contributed by atoms with van der Waals surface area (Å²) < 4.78 is 64.5. The average molecular weight is 445 g/mol. The first-order valence-corrected chi connectivity index (χ1v) is 11.8. The van der Waals surface area contributed by atoms with Crippen LogP contribution in [0.5, 0.6) is 0 Å². The summed E-state index contributed by atoms with van der Waals surface area (Å²) in [7, 11) is -3.93. The van der Waals surface area contributed by atoms with E-state index in [0.29, 0.717) is 45.2 Å². The van der Waals surface area contributed by atoms with Crippen molar-refractivity contribution in [3.05, 3.63) is 29.8 Å². The van der Waals surface area contributed by atoms with E-state index in [4.69, 9.17) is 9.47 Å². The molecule has 7 nitrogen and oxygen atoms in total. The Morgan fingerprint density at radius 3 is 2.37 bits per heavy atom. The quantitative estimate of drug-likeness (QED) is 0.710. The summed E-state index contributed by atoms with van der Waals surface area (Å²) in [6.45, 7) is 2.79. The van der Waals surface area contributed by atoms with Gasteiger partial charge in [-0.25, -0.2) is 17.2 Å². The topological polar surface area (TPSA) is 76.2 Å². The number of ether oxygens (including phenoxy) is 2. The van der Waals surface area contributed by atoms with Crippen LogP contribution in [0, 0.1) is 23.5 Å². The van der Waals surface area contributed by atoms with Crippen molar-refractivity contribution in [2.24, 2.45) is 11.8 Å². The minimum absolute atomic E-state index is 0.0440. The first-order valence-electron chi connectivity index (χ1n) is 10.3. The number of halogens is 2. The van der Waals surface area contributed by atoms with Gasteiger partial charge in [-0.2, -0.15) is 4.31 Å². The van der Waals surface area contributed by atoms with Crippen LogP contribution >= 0.6 is 0 Å². The molecule has 0 saturated carbocycles. The highest BCUT2D eigenvalue weighted by Gasteiger charge is 2.37. The van der Waals surface area contributed by atoms with Crippen LogP contribution in [0.2, 0.25) is 0 Å². The smallest absolute Gasteiger partial charge is 0.243 e. The van der Waals surface area contributed by atoms with Gasteiger partial charge in [0, 0.05) is 38.0 Å². The summed E-state index contributed by atoms with van der Waals surface area (Å²) in [6, 6.07) is 2.57. The zero-order chi connectivity index (χ0) is 21.3. The maximum Gasteiger partial charge on any atom is 0.243 e. The van der Waals surface area contributed by atoms with Crippen LogP contribution in [-0.4, -0.2) is 69.2 Å². The van der Waals surface area contributed by atoms with Crippen LogP contribution in [0.25, 0.3) is 0 Å². The molecule has 3 heterocycles. The number of amides is 1. The molecule has 3 saturated heterocycles. The zero-order valence-corrected chi connectivity index (χ0v) is 17.5.